The third-order valence-electron chi connectivity index (χ3n) is 8.41. The van der Waals surface area contributed by atoms with Crippen molar-refractivity contribution in [2.24, 2.45) is 0 Å². The van der Waals surface area contributed by atoms with E-state index in [2.05, 4.69) is 25.3 Å². The number of fused-ring (bicyclic) bond motifs is 8. The Bertz CT molecular complexity index is 1740. The van der Waals surface area contributed by atoms with Crippen molar-refractivity contribution in [1.82, 2.24) is 0 Å². The molecular formula is C44H40O4Zr. The molecule has 49 heavy (non-hydrogen) atoms. The molecule has 0 saturated carbocycles. The van der Waals surface area contributed by atoms with Gasteiger partial charge in [-0.15, -0.1) is 23.0 Å². The zero-order valence-corrected chi connectivity index (χ0v) is 31.0. The van der Waals surface area contributed by atoms with E-state index in [9.17, 15) is 10.2 Å². The van der Waals surface area contributed by atoms with E-state index in [-0.39, 0.29) is 37.7 Å². The predicted octanol–water partition coefficient (Wildman–Crippen LogP) is 8.25. The summed E-state index contributed by atoms with van der Waals surface area (Å²) in [5, 5.41) is 26.8. The van der Waals surface area contributed by atoms with Crippen LogP contribution in [-0.4, -0.2) is 14.2 Å². The Hall–Kier alpha value is -4.52. The first-order valence-corrected chi connectivity index (χ1v) is 16.1. The van der Waals surface area contributed by atoms with Crippen LogP contribution in [0.25, 0.3) is 0 Å². The molecule has 0 spiro atoms. The van der Waals surface area contributed by atoms with E-state index in [1.54, 1.807) is 14.2 Å². The second-order valence-electron chi connectivity index (χ2n) is 11.9. The fourth-order valence-electron chi connectivity index (χ4n) is 5.95. The Morgan fingerprint density at radius 2 is 0.755 bits per heavy atom. The minimum atomic E-state index is 0. The molecule has 4 nitrogen and oxygen atoms in total. The molecule has 3 aliphatic carbocycles. The van der Waals surface area contributed by atoms with Gasteiger partial charge in [-0.2, -0.15) is 0 Å². The van der Waals surface area contributed by atoms with E-state index < -0.39 is 0 Å². The first-order valence-electron chi connectivity index (χ1n) is 16.1. The minimum absolute atomic E-state index is 0. The molecule has 0 heterocycles. The molecule has 0 unspecified atom stereocenters. The summed E-state index contributed by atoms with van der Waals surface area (Å²) < 4.78 is 11.6. The molecule has 5 heteroatoms. The Morgan fingerprint density at radius 1 is 0.469 bits per heavy atom. The van der Waals surface area contributed by atoms with Crippen LogP contribution in [0.15, 0.2) is 132 Å². The Balaban J connectivity index is 0.000000298. The summed E-state index contributed by atoms with van der Waals surface area (Å²) in [6.45, 7) is 4.13. The number of hydrogen-bond donors (Lipinski definition) is 0. The Labute approximate surface area is 310 Å². The molecule has 4 aromatic carbocycles. The molecule has 244 valence electrons. The normalized spacial score (nSPS) is 13.7. The molecular weight excluding hydrogens is 684 g/mol. The zero-order valence-electron chi connectivity index (χ0n) is 28.5. The number of ether oxygens (including phenoxy) is 2. The first kappa shape index (κ1) is 37.3. The molecule has 0 atom stereocenters. The maximum Gasteiger partial charge on any atom is 2.00 e. The largest absolute Gasteiger partial charge is 2.00 e. The van der Waals surface area contributed by atoms with E-state index in [1.807, 2.05) is 122 Å². The Kier molecular flexibility index (Phi) is 13.9. The van der Waals surface area contributed by atoms with Gasteiger partial charge in [-0.3, -0.25) is 0 Å². The van der Waals surface area contributed by atoms with E-state index in [0.717, 1.165) is 56.0 Å². The standard InChI is InChI=1S/C30H28O4.2C7H7.Zr/c1-33-29-23-11-5-12-24(29)16-20-8-4-10-22(28(20)32)18-26-14-6-13-25(30(26)34-2)17-21-9-3-7-19(15-23)27(21)31;2*1-7-5-3-2-4-6-7;/h3-14,31-32H,15-18H2,1-2H3;2*3-6H,1H3;/q;;;+2/p-2. The maximum atomic E-state index is 13.4. The number of hydrogen-bond acceptors (Lipinski definition) is 4. The third kappa shape index (κ3) is 9.78. The molecule has 2 radical (unpaired) electrons. The van der Waals surface area contributed by atoms with E-state index in [1.165, 1.54) is 11.1 Å². The van der Waals surface area contributed by atoms with Crippen molar-refractivity contribution < 1.29 is 45.9 Å². The smallest absolute Gasteiger partial charge is 0.872 e. The van der Waals surface area contributed by atoms with Crippen molar-refractivity contribution >= 4 is 0 Å². The molecule has 0 aliphatic heterocycles. The molecule has 0 amide bonds. The third-order valence-corrected chi connectivity index (χ3v) is 8.41. The zero-order chi connectivity index (χ0) is 33.9. The van der Waals surface area contributed by atoms with Gasteiger partial charge in [0.05, 0.1) is 14.2 Å². The summed E-state index contributed by atoms with van der Waals surface area (Å²) in [5.74, 6) is 1.55. The quantitative estimate of drug-likeness (QED) is 0.172. The van der Waals surface area contributed by atoms with Gasteiger partial charge >= 0.3 is 26.2 Å². The van der Waals surface area contributed by atoms with Crippen molar-refractivity contribution in [3.63, 3.8) is 0 Å². The van der Waals surface area contributed by atoms with Gasteiger partial charge in [0.2, 0.25) is 0 Å². The molecule has 7 rings (SSSR count). The summed E-state index contributed by atoms with van der Waals surface area (Å²) in [4.78, 5) is 0. The van der Waals surface area contributed by atoms with Crippen molar-refractivity contribution in [2.45, 2.75) is 39.5 Å². The van der Waals surface area contributed by atoms with Crippen molar-refractivity contribution in [1.29, 1.82) is 0 Å². The van der Waals surface area contributed by atoms with Gasteiger partial charge in [0.15, 0.2) is 0 Å². The van der Waals surface area contributed by atoms with Crippen LogP contribution >= 0.6 is 0 Å². The minimum Gasteiger partial charge on any atom is -0.872 e. The van der Waals surface area contributed by atoms with Gasteiger partial charge in [0.25, 0.3) is 0 Å². The van der Waals surface area contributed by atoms with Gasteiger partial charge in [0, 0.05) is 38.5 Å². The molecule has 0 saturated heterocycles. The molecule has 0 fully saturated rings. The molecule has 4 aromatic rings. The van der Waals surface area contributed by atoms with Crippen LogP contribution in [0.4, 0.5) is 0 Å². The van der Waals surface area contributed by atoms with Crippen LogP contribution in [0.1, 0.15) is 58.4 Å². The molecule has 0 aromatic heterocycles. The number of para-hydroxylation sites is 4. The van der Waals surface area contributed by atoms with Crippen LogP contribution in [0.3, 0.4) is 0 Å². The van der Waals surface area contributed by atoms with Crippen LogP contribution in [-0.2, 0) is 51.9 Å². The predicted molar refractivity (Wildman–Crippen MR) is 190 cm³/mol. The average molecular weight is 724 g/mol. The van der Waals surface area contributed by atoms with Crippen LogP contribution in [0, 0.1) is 12.8 Å². The summed E-state index contributed by atoms with van der Waals surface area (Å²) in [6.07, 6.45) is 17.6. The van der Waals surface area contributed by atoms with Crippen LogP contribution in [0.5, 0.6) is 23.0 Å². The number of benzene rings is 4. The summed E-state index contributed by atoms with van der Waals surface area (Å²) in [5.41, 5.74) is 15.1. The summed E-state index contributed by atoms with van der Waals surface area (Å²) in [7, 11) is 3.28. The fraction of sp³-hybridized carbons (Fsp3) is 0.182. The second kappa shape index (κ2) is 18.3. The monoisotopic (exact) mass is 722 g/mol. The maximum absolute atomic E-state index is 13.4. The summed E-state index contributed by atoms with van der Waals surface area (Å²) >= 11 is 0. The van der Waals surface area contributed by atoms with E-state index in [4.69, 9.17) is 9.47 Å². The van der Waals surface area contributed by atoms with Crippen molar-refractivity contribution in [3.05, 3.63) is 189 Å². The summed E-state index contributed by atoms with van der Waals surface area (Å²) in [6, 6.07) is 23.3. The molecule has 3 aliphatic rings. The first-order chi connectivity index (χ1) is 23.4. The van der Waals surface area contributed by atoms with Gasteiger partial charge < -0.3 is 19.7 Å². The molecule has 8 bridgehead atoms. The average Bonchev–Trinajstić information content (AvgIpc) is 3.09. The number of rotatable bonds is 2. The van der Waals surface area contributed by atoms with E-state index >= 15 is 0 Å². The SMILES string of the molecule is CC1=CC=C=C[CH]1.CC1=CC=C=C[CH]1.COc1c2cccc1Cc1cccc(c1[O-])Cc1cccc(c1OC)Cc1cccc(c1[O-])C2.[Zr+2]. The van der Waals surface area contributed by atoms with Gasteiger partial charge in [-0.05, 0) is 60.4 Å². The fourth-order valence-corrected chi connectivity index (χ4v) is 5.95. The molecule has 0 N–H and O–H groups in total. The van der Waals surface area contributed by atoms with Crippen molar-refractivity contribution in [3.8, 4) is 23.0 Å². The van der Waals surface area contributed by atoms with Crippen LogP contribution in [0.2, 0.25) is 0 Å². The second-order valence-corrected chi connectivity index (χ2v) is 11.9. The van der Waals surface area contributed by atoms with Gasteiger partial charge in [-0.1, -0.05) is 118 Å². The van der Waals surface area contributed by atoms with Gasteiger partial charge in [-0.25, -0.2) is 0 Å². The van der Waals surface area contributed by atoms with Crippen LogP contribution < -0.4 is 19.7 Å². The topological polar surface area (TPSA) is 64.6 Å². The Morgan fingerprint density at radius 3 is 0.959 bits per heavy atom. The van der Waals surface area contributed by atoms with E-state index in [0.29, 0.717) is 25.7 Å². The number of methoxy groups -OCH3 is 2. The van der Waals surface area contributed by atoms with Gasteiger partial charge in [0.1, 0.15) is 11.5 Å². The van der Waals surface area contributed by atoms with Crippen molar-refractivity contribution in [2.75, 3.05) is 14.2 Å². The number of allylic oxidation sites excluding steroid dienone is 6.